The van der Waals surface area contributed by atoms with Crippen LogP contribution in [0.5, 0.6) is 0 Å². The molecule has 0 atom stereocenters. The Morgan fingerprint density at radius 3 is 2.34 bits per heavy atom. The number of carbonyl (C=O) groups is 2. The molecule has 6 nitrogen and oxygen atoms in total. The molecule has 0 spiro atoms. The van der Waals surface area contributed by atoms with Gasteiger partial charge >= 0.3 is 0 Å². The van der Waals surface area contributed by atoms with Crippen LogP contribution in [0.3, 0.4) is 0 Å². The molecule has 2 N–H and O–H groups in total. The van der Waals surface area contributed by atoms with E-state index in [4.69, 9.17) is 0 Å². The van der Waals surface area contributed by atoms with Crippen molar-refractivity contribution in [3.63, 3.8) is 0 Å². The van der Waals surface area contributed by atoms with E-state index in [0.29, 0.717) is 23.8 Å². The number of nitrogens with zero attached hydrogens (tertiary/aromatic N) is 2. The predicted molar refractivity (Wildman–Crippen MR) is 113 cm³/mol. The third kappa shape index (κ3) is 3.78. The van der Waals surface area contributed by atoms with Gasteiger partial charge in [0.15, 0.2) is 11.5 Å². The van der Waals surface area contributed by atoms with E-state index in [2.05, 4.69) is 15.6 Å². The number of para-hydroxylation sites is 2. The quantitative estimate of drug-likeness (QED) is 0.698. The summed E-state index contributed by atoms with van der Waals surface area (Å²) in [6.45, 7) is 4.61. The molecule has 4 rings (SSSR count). The maximum absolute atomic E-state index is 13.1. The van der Waals surface area contributed by atoms with Crippen LogP contribution >= 0.6 is 0 Å². The highest BCUT2D eigenvalue weighted by Gasteiger charge is 2.28. The van der Waals surface area contributed by atoms with E-state index in [1.165, 1.54) is 0 Å². The molecule has 0 bridgehead atoms. The van der Waals surface area contributed by atoms with Crippen LogP contribution in [0.25, 0.3) is 0 Å². The highest BCUT2D eigenvalue weighted by molar-refractivity contribution is 6.07. The monoisotopic (exact) mass is 388 g/mol. The van der Waals surface area contributed by atoms with Gasteiger partial charge in [0, 0.05) is 17.9 Å². The minimum atomic E-state index is -0.288. The van der Waals surface area contributed by atoms with Crippen molar-refractivity contribution in [2.24, 2.45) is 0 Å². The lowest BCUT2D eigenvalue weighted by molar-refractivity contribution is 0.101. The molecule has 2 amide bonds. The van der Waals surface area contributed by atoms with Crippen LogP contribution in [0.1, 0.15) is 50.8 Å². The summed E-state index contributed by atoms with van der Waals surface area (Å²) in [7, 11) is 0. The number of carbonyl (C=O) groups excluding carboxylic acids is 2. The van der Waals surface area contributed by atoms with Gasteiger partial charge in [-0.25, -0.2) is 4.98 Å². The molecule has 1 aromatic heterocycles. The summed E-state index contributed by atoms with van der Waals surface area (Å²) in [4.78, 5) is 30.4. The number of nitrogens with one attached hydrogen (secondary N) is 2. The molecule has 1 aliphatic heterocycles. The molecule has 6 heteroatoms. The molecule has 29 heavy (non-hydrogen) atoms. The highest BCUT2D eigenvalue weighted by atomic mass is 16.2. The van der Waals surface area contributed by atoms with Gasteiger partial charge in [-0.3, -0.25) is 9.59 Å². The fraction of sp³-hybridized carbons (Fsp3) is 0.261. The highest BCUT2D eigenvalue weighted by Crippen LogP contribution is 2.24. The molecule has 148 valence electrons. The Kier molecular flexibility index (Phi) is 5.16. The number of aryl methyl sites for hydroxylation is 2. The van der Waals surface area contributed by atoms with Crippen molar-refractivity contribution in [2.45, 2.75) is 39.7 Å². The number of amides is 2. The lowest BCUT2D eigenvalue weighted by Gasteiger charge is -2.17. The topological polar surface area (TPSA) is 76.0 Å². The molecular formula is C23H24N4O2. The molecule has 3 aromatic rings. The van der Waals surface area contributed by atoms with Gasteiger partial charge in [0.2, 0.25) is 0 Å². The van der Waals surface area contributed by atoms with Crippen LogP contribution in [0.4, 0.5) is 11.4 Å². The molecule has 0 saturated carbocycles. The van der Waals surface area contributed by atoms with Crippen LogP contribution in [0.2, 0.25) is 0 Å². The van der Waals surface area contributed by atoms with Gasteiger partial charge in [0.25, 0.3) is 11.8 Å². The summed E-state index contributed by atoms with van der Waals surface area (Å²) in [5.74, 6) is -0.280. The minimum absolute atomic E-state index is 0.284. The van der Waals surface area contributed by atoms with E-state index in [9.17, 15) is 9.59 Å². The second-order valence-electron chi connectivity index (χ2n) is 7.38. The number of benzene rings is 2. The second-order valence-corrected chi connectivity index (χ2v) is 7.38. The number of imidazole rings is 1. The predicted octanol–water partition coefficient (Wildman–Crippen LogP) is 4.34. The first kappa shape index (κ1) is 18.9. The number of fused-ring (bicyclic) bond motifs is 1. The van der Waals surface area contributed by atoms with Gasteiger partial charge in [-0.05, 0) is 56.4 Å². The van der Waals surface area contributed by atoms with Crippen molar-refractivity contribution in [1.82, 2.24) is 9.55 Å². The Bertz CT molecular complexity index is 1050. The Morgan fingerprint density at radius 1 is 0.897 bits per heavy atom. The van der Waals surface area contributed by atoms with E-state index < -0.39 is 0 Å². The minimum Gasteiger partial charge on any atom is -0.323 e. The largest absolute Gasteiger partial charge is 0.323 e. The summed E-state index contributed by atoms with van der Waals surface area (Å²) in [6, 6.07) is 15.2. The Hall–Kier alpha value is -3.41. The third-order valence-electron chi connectivity index (χ3n) is 5.29. The van der Waals surface area contributed by atoms with Crippen molar-refractivity contribution in [3.8, 4) is 0 Å². The SMILES string of the molecule is Cc1cccc(C)c1NC(=O)c1nc(C(=O)Nc2ccccc2)c2n1CCCC2. The summed E-state index contributed by atoms with van der Waals surface area (Å²) in [6.07, 6.45) is 2.68. The fourth-order valence-corrected chi connectivity index (χ4v) is 3.79. The van der Waals surface area contributed by atoms with Crippen LogP contribution < -0.4 is 10.6 Å². The molecule has 0 unspecified atom stereocenters. The molecule has 2 aromatic carbocycles. The number of anilines is 2. The molecule has 0 radical (unpaired) electrons. The van der Waals surface area contributed by atoms with Gasteiger partial charge < -0.3 is 15.2 Å². The van der Waals surface area contributed by atoms with Crippen molar-refractivity contribution < 1.29 is 9.59 Å². The number of hydrogen-bond acceptors (Lipinski definition) is 3. The fourth-order valence-electron chi connectivity index (χ4n) is 3.79. The van der Waals surface area contributed by atoms with Gasteiger partial charge in [-0.1, -0.05) is 36.4 Å². The van der Waals surface area contributed by atoms with E-state index in [-0.39, 0.29) is 11.8 Å². The van der Waals surface area contributed by atoms with Crippen molar-refractivity contribution in [1.29, 1.82) is 0 Å². The average Bonchev–Trinajstić information content (AvgIpc) is 3.11. The zero-order valence-corrected chi connectivity index (χ0v) is 16.7. The van der Waals surface area contributed by atoms with Crippen molar-refractivity contribution in [2.75, 3.05) is 10.6 Å². The standard InChI is InChI=1S/C23H24N4O2/c1-15-9-8-10-16(2)19(15)26-23(29)21-25-20(18-13-6-7-14-27(18)21)22(28)24-17-11-4-3-5-12-17/h3-5,8-12H,6-7,13-14H2,1-2H3,(H,24,28)(H,26,29). The third-order valence-corrected chi connectivity index (χ3v) is 5.29. The number of aromatic nitrogens is 2. The van der Waals surface area contributed by atoms with Gasteiger partial charge in [0.05, 0.1) is 5.69 Å². The van der Waals surface area contributed by atoms with E-state index in [1.54, 1.807) is 0 Å². The lowest BCUT2D eigenvalue weighted by atomic mass is 10.1. The number of rotatable bonds is 4. The van der Waals surface area contributed by atoms with E-state index in [1.807, 2.05) is 66.9 Å². The smallest absolute Gasteiger partial charge is 0.291 e. The van der Waals surface area contributed by atoms with Crippen LogP contribution in [0, 0.1) is 13.8 Å². The first-order chi connectivity index (χ1) is 14.0. The zero-order valence-electron chi connectivity index (χ0n) is 16.7. The molecule has 2 heterocycles. The van der Waals surface area contributed by atoms with Gasteiger partial charge in [0.1, 0.15) is 0 Å². The summed E-state index contributed by atoms with van der Waals surface area (Å²) < 4.78 is 1.90. The molecule has 1 aliphatic rings. The molecular weight excluding hydrogens is 364 g/mol. The number of hydrogen-bond donors (Lipinski definition) is 2. The lowest BCUT2D eigenvalue weighted by Crippen LogP contribution is -2.22. The summed E-state index contributed by atoms with van der Waals surface area (Å²) in [5, 5.41) is 5.87. The Balaban J connectivity index is 1.66. The normalized spacial score (nSPS) is 12.9. The maximum Gasteiger partial charge on any atom is 0.291 e. The average molecular weight is 388 g/mol. The molecule has 0 saturated heterocycles. The molecule has 0 fully saturated rings. The first-order valence-electron chi connectivity index (χ1n) is 9.88. The Morgan fingerprint density at radius 2 is 1.62 bits per heavy atom. The molecule has 0 aliphatic carbocycles. The van der Waals surface area contributed by atoms with Crippen LogP contribution in [0.15, 0.2) is 48.5 Å². The van der Waals surface area contributed by atoms with E-state index >= 15 is 0 Å². The summed E-state index contributed by atoms with van der Waals surface area (Å²) >= 11 is 0. The van der Waals surface area contributed by atoms with E-state index in [0.717, 1.165) is 41.8 Å². The van der Waals surface area contributed by atoms with Crippen molar-refractivity contribution >= 4 is 23.2 Å². The summed E-state index contributed by atoms with van der Waals surface area (Å²) in [5.41, 5.74) is 4.64. The van der Waals surface area contributed by atoms with Crippen molar-refractivity contribution in [3.05, 3.63) is 76.9 Å². The second kappa shape index (κ2) is 7.91. The zero-order chi connectivity index (χ0) is 20.4. The first-order valence-corrected chi connectivity index (χ1v) is 9.88. The van der Waals surface area contributed by atoms with Gasteiger partial charge in [-0.15, -0.1) is 0 Å². The van der Waals surface area contributed by atoms with Crippen LogP contribution in [-0.4, -0.2) is 21.4 Å². The van der Waals surface area contributed by atoms with Crippen LogP contribution in [-0.2, 0) is 13.0 Å². The Labute approximate surface area is 170 Å². The van der Waals surface area contributed by atoms with Gasteiger partial charge in [-0.2, -0.15) is 0 Å². The maximum atomic E-state index is 13.1.